The highest BCUT2D eigenvalue weighted by atomic mass is 19.1. The first-order valence-electron chi connectivity index (χ1n) is 4.89. The lowest BCUT2D eigenvalue weighted by Gasteiger charge is -2.02. The van der Waals surface area contributed by atoms with Gasteiger partial charge in [0.1, 0.15) is 17.2 Å². The third-order valence-corrected chi connectivity index (χ3v) is 1.96. The van der Waals surface area contributed by atoms with Gasteiger partial charge in [-0.05, 0) is 30.7 Å². The number of aromatic nitrogens is 1. The van der Waals surface area contributed by atoms with E-state index in [1.807, 2.05) is 13.8 Å². The normalized spacial score (nSPS) is 9.67. The van der Waals surface area contributed by atoms with Crippen LogP contribution in [0.25, 0.3) is 10.9 Å². The Labute approximate surface area is 87.8 Å². The molecule has 1 aromatic heterocycles. The molecule has 1 nitrogen and oxygen atoms in total. The number of hydrogen-bond acceptors (Lipinski definition) is 1. The van der Waals surface area contributed by atoms with Crippen LogP contribution in [0.3, 0.4) is 0 Å². The number of nitrogens with zero attached hydrogens (tertiary/aromatic N) is 1. The van der Waals surface area contributed by atoms with Gasteiger partial charge in [-0.1, -0.05) is 13.8 Å². The van der Waals surface area contributed by atoms with Gasteiger partial charge >= 0.3 is 0 Å². The second kappa shape index (κ2) is 4.82. The monoisotopic (exact) mass is 209 g/mol. The summed E-state index contributed by atoms with van der Waals surface area (Å²) < 4.78 is 26.6. The number of halogens is 2. The summed E-state index contributed by atoms with van der Waals surface area (Å²) in [6.45, 7) is 5.53. The molecule has 0 radical (unpaired) electrons. The average Bonchev–Trinajstić information content (AvgIpc) is 2.29. The number of benzene rings is 1. The van der Waals surface area contributed by atoms with Crippen LogP contribution in [0.2, 0.25) is 0 Å². The Kier molecular flexibility index (Phi) is 3.72. The summed E-state index contributed by atoms with van der Waals surface area (Å²) in [5.74, 6) is -0.876. The van der Waals surface area contributed by atoms with Crippen LogP contribution < -0.4 is 0 Å². The third-order valence-electron chi connectivity index (χ3n) is 1.96. The molecule has 15 heavy (non-hydrogen) atoms. The van der Waals surface area contributed by atoms with E-state index in [2.05, 4.69) is 4.98 Å². The zero-order valence-corrected chi connectivity index (χ0v) is 9.01. The van der Waals surface area contributed by atoms with Crippen molar-refractivity contribution in [2.75, 3.05) is 0 Å². The summed E-state index contributed by atoms with van der Waals surface area (Å²) in [4.78, 5) is 3.77. The minimum atomic E-state index is -0.477. The van der Waals surface area contributed by atoms with Crippen molar-refractivity contribution in [3.63, 3.8) is 0 Å². The fraction of sp³-hybridized carbons (Fsp3) is 0.250. The molecule has 2 rings (SSSR count). The maximum absolute atomic E-state index is 13.4. The third kappa shape index (κ3) is 2.12. The van der Waals surface area contributed by atoms with Crippen LogP contribution in [-0.4, -0.2) is 4.98 Å². The largest absolute Gasteiger partial charge is 0.253 e. The summed E-state index contributed by atoms with van der Waals surface area (Å²) in [6.07, 6.45) is 1.44. The molecule has 0 bridgehead atoms. The van der Waals surface area contributed by atoms with E-state index >= 15 is 0 Å². The van der Waals surface area contributed by atoms with Gasteiger partial charge in [-0.3, -0.25) is 4.98 Å². The maximum Gasteiger partial charge on any atom is 0.149 e. The summed E-state index contributed by atoms with van der Waals surface area (Å²) in [5, 5.41) is 0.236. The molecule has 0 aliphatic rings. The molecule has 0 fully saturated rings. The van der Waals surface area contributed by atoms with E-state index in [4.69, 9.17) is 0 Å². The van der Waals surface area contributed by atoms with Crippen molar-refractivity contribution in [1.82, 2.24) is 4.98 Å². The van der Waals surface area contributed by atoms with Crippen molar-refractivity contribution < 1.29 is 8.78 Å². The molecule has 1 heterocycles. The smallest absolute Gasteiger partial charge is 0.149 e. The fourth-order valence-electron chi connectivity index (χ4n) is 1.31. The Balaban J connectivity index is 0.000000531. The molecule has 0 aliphatic heterocycles. The highest BCUT2D eigenvalue weighted by molar-refractivity contribution is 5.80. The molecule has 0 N–H and O–H groups in total. The predicted molar refractivity (Wildman–Crippen MR) is 57.7 cm³/mol. The Morgan fingerprint density at radius 3 is 2.53 bits per heavy atom. The van der Waals surface area contributed by atoms with Crippen LogP contribution in [0, 0.1) is 18.6 Å². The van der Waals surface area contributed by atoms with Crippen molar-refractivity contribution in [3.8, 4) is 0 Å². The number of fused-ring (bicyclic) bond motifs is 1. The SMILES string of the molecule is CC.Cc1cc(F)c2ncccc2c1F. The quantitative estimate of drug-likeness (QED) is 0.642. The summed E-state index contributed by atoms with van der Waals surface area (Å²) >= 11 is 0. The summed E-state index contributed by atoms with van der Waals surface area (Å²) in [5.41, 5.74) is 0.392. The second-order valence-corrected chi connectivity index (χ2v) is 2.89. The van der Waals surface area contributed by atoms with E-state index in [9.17, 15) is 8.78 Å². The van der Waals surface area contributed by atoms with E-state index in [1.165, 1.54) is 19.2 Å². The molecule has 0 atom stereocenters. The Hall–Kier alpha value is -1.51. The Morgan fingerprint density at radius 2 is 1.87 bits per heavy atom. The predicted octanol–water partition coefficient (Wildman–Crippen LogP) is 3.85. The molecule has 3 heteroatoms. The van der Waals surface area contributed by atoms with E-state index in [0.717, 1.165) is 6.07 Å². The van der Waals surface area contributed by atoms with Gasteiger partial charge in [-0.25, -0.2) is 8.78 Å². The van der Waals surface area contributed by atoms with Crippen LogP contribution in [0.4, 0.5) is 8.78 Å². The minimum absolute atomic E-state index is 0.0885. The standard InChI is InChI=1S/C10H7F2N.C2H6/c1-6-5-8(11)10-7(9(6)12)3-2-4-13-10;1-2/h2-5H,1H3;1-2H3. The molecule has 0 aliphatic carbocycles. The van der Waals surface area contributed by atoms with Crippen molar-refractivity contribution in [3.05, 3.63) is 41.6 Å². The first-order chi connectivity index (χ1) is 7.20. The molecular weight excluding hydrogens is 196 g/mol. The summed E-state index contributed by atoms with van der Waals surface area (Å²) in [6, 6.07) is 4.27. The van der Waals surface area contributed by atoms with Gasteiger partial charge in [0.05, 0.1) is 0 Å². The summed E-state index contributed by atoms with van der Waals surface area (Å²) in [7, 11) is 0. The van der Waals surface area contributed by atoms with Gasteiger partial charge in [0.25, 0.3) is 0 Å². The molecule has 0 spiro atoms. The number of aryl methyl sites for hydroxylation is 1. The van der Waals surface area contributed by atoms with Crippen LogP contribution in [0.5, 0.6) is 0 Å². The number of pyridine rings is 1. The first kappa shape index (κ1) is 11.6. The molecule has 2 aromatic rings. The van der Waals surface area contributed by atoms with Crippen LogP contribution >= 0.6 is 0 Å². The van der Waals surface area contributed by atoms with Crippen molar-refractivity contribution in [2.24, 2.45) is 0 Å². The van der Waals surface area contributed by atoms with Crippen LogP contribution in [-0.2, 0) is 0 Å². The van der Waals surface area contributed by atoms with Gasteiger partial charge in [0.2, 0.25) is 0 Å². The number of rotatable bonds is 0. The molecule has 80 valence electrons. The van der Waals surface area contributed by atoms with Crippen molar-refractivity contribution >= 4 is 10.9 Å². The highest BCUT2D eigenvalue weighted by Gasteiger charge is 2.08. The molecule has 0 amide bonds. The zero-order valence-electron chi connectivity index (χ0n) is 9.01. The topological polar surface area (TPSA) is 12.9 Å². The molecule has 0 saturated carbocycles. The van der Waals surface area contributed by atoms with Gasteiger partial charge in [-0.2, -0.15) is 0 Å². The van der Waals surface area contributed by atoms with E-state index in [0.29, 0.717) is 5.56 Å². The molecular formula is C12H13F2N. The lowest BCUT2D eigenvalue weighted by molar-refractivity contribution is 0.608. The lowest BCUT2D eigenvalue weighted by Crippen LogP contribution is -1.91. The van der Waals surface area contributed by atoms with E-state index in [1.54, 1.807) is 6.07 Å². The number of hydrogen-bond donors (Lipinski definition) is 0. The average molecular weight is 209 g/mol. The van der Waals surface area contributed by atoms with Crippen molar-refractivity contribution in [2.45, 2.75) is 20.8 Å². The van der Waals surface area contributed by atoms with E-state index in [-0.39, 0.29) is 10.9 Å². The van der Waals surface area contributed by atoms with Crippen LogP contribution in [0.15, 0.2) is 24.4 Å². The highest BCUT2D eigenvalue weighted by Crippen LogP contribution is 2.21. The van der Waals surface area contributed by atoms with Gasteiger partial charge in [-0.15, -0.1) is 0 Å². The molecule has 0 unspecified atom stereocenters. The lowest BCUT2D eigenvalue weighted by atomic mass is 10.1. The first-order valence-corrected chi connectivity index (χ1v) is 4.89. The second-order valence-electron chi connectivity index (χ2n) is 2.89. The minimum Gasteiger partial charge on any atom is -0.253 e. The molecule has 0 saturated heterocycles. The molecule has 1 aromatic carbocycles. The maximum atomic E-state index is 13.4. The Bertz CT molecular complexity index is 466. The van der Waals surface area contributed by atoms with Crippen molar-refractivity contribution in [1.29, 1.82) is 0 Å². The fourth-order valence-corrected chi connectivity index (χ4v) is 1.31. The van der Waals surface area contributed by atoms with E-state index < -0.39 is 11.6 Å². The van der Waals surface area contributed by atoms with Gasteiger partial charge < -0.3 is 0 Å². The van der Waals surface area contributed by atoms with Gasteiger partial charge in [0, 0.05) is 11.6 Å². The zero-order chi connectivity index (χ0) is 11.4. The Morgan fingerprint density at radius 1 is 1.20 bits per heavy atom. The van der Waals surface area contributed by atoms with Gasteiger partial charge in [0.15, 0.2) is 0 Å². The van der Waals surface area contributed by atoms with Crippen LogP contribution in [0.1, 0.15) is 19.4 Å².